The van der Waals surface area contributed by atoms with E-state index in [0.717, 1.165) is 0 Å². The number of alkyl halides is 2. The van der Waals surface area contributed by atoms with Gasteiger partial charge in [-0.25, -0.2) is 0 Å². The van der Waals surface area contributed by atoms with E-state index in [9.17, 15) is 8.78 Å². The molecule has 0 bridgehead atoms. The maximum Gasteiger partial charge on any atom is 0.387 e. The Balaban J connectivity index is 2.85. The van der Waals surface area contributed by atoms with E-state index in [-0.39, 0.29) is 10.8 Å². The van der Waals surface area contributed by atoms with Gasteiger partial charge < -0.3 is 9.47 Å². The van der Waals surface area contributed by atoms with Gasteiger partial charge >= 0.3 is 6.61 Å². The fraction of sp³-hybridized carbons (Fsp3) is 0.250. The van der Waals surface area contributed by atoms with Crippen molar-refractivity contribution in [3.05, 3.63) is 23.2 Å². The Morgan fingerprint density at radius 1 is 1.38 bits per heavy atom. The highest BCUT2D eigenvalue weighted by Gasteiger charge is 2.08. The lowest BCUT2D eigenvalue weighted by Crippen LogP contribution is -2.02. The summed E-state index contributed by atoms with van der Waals surface area (Å²) in [6, 6.07) is 4.22. The molecule has 0 aliphatic heterocycles. The van der Waals surface area contributed by atoms with Crippen LogP contribution in [-0.2, 0) is 0 Å². The molecule has 5 heteroatoms. The molecule has 72 valence electrons. The zero-order chi connectivity index (χ0) is 9.84. The highest BCUT2D eigenvalue weighted by molar-refractivity contribution is 6.32. The number of ether oxygens (including phenoxy) is 2. The molecule has 2 nitrogen and oxygen atoms in total. The zero-order valence-corrected chi connectivity index (χ0v) is 7.52. The number of halogens is 3. The van der Waals surface area contributed by atoms with E-state index in [1.807, 2.05) is 0 Å². The van der Waals surface area contributed by atoms with Crippen molar-refractivity contribution in [1.82, 2.24) is 0 Å². The van der Waals surface area contributed by atoms with E-state index in [1.54, 1.807) is 0 Å². The molecule has 0 fully saturated rings. The van der Waals surface area contributed by atoms with Crippen molar-refractivity contribution >= 4 is 11.6 Å². The molecular formula is C8H7ClF2O2. The molecule has 1 aromatic carbocycles. The lowest BCUT2D eigenvalue weighted by Gasteiger charge is -2.07. The first-order valence-electron chi connectivity index (χ1n) is 3.42. The van der Waals surface area contributed by atoms with Gasteiger partial charge in [-0.15, -0.1) is 0 Å². The van der Waals surface area contributed by atoms with E-state index < -0.39 is 6.61 Å². The van der Waals surface area contributed by atoms with Gasteiger partial charge in [0.2, 0.25) is 0 Å². The molecule has 0 atom stereocenters. The summed E-state index contributed by atoms with van der Waals surface area (Å²) < 4.78 is 32.5. The van der Waals surface area contributed by atoms with Crippen LogP contribution in [0.5, 0.6) is 11.5 Å². The summed E-state index contributed by atoms with van der Waals surface area (Å²) in [5.74, 6) is 0.434. The highest BCUT2D eigenvalue weighted by Crippen LogP contribution is 2.29. The van der Waals surface area contributed by atoms with Crippen molar-refractivity contribution < 1.29 is 18.3 Å². The fourth-order valence-corrected chi connectivity index (χ4v) is 1.02. The number of hydrogen-bond donors (Lipinski definition) is 0. The first-order chi connectivity index (χ1) is 6.13. The van der Waals surface area contributed by atoms with Crippen LogP contribution in [0, 0.1) is 0 Å². The van der Waals surface area contributed by atoms with Crippen LogP contribution in [0.25, 0.3) is 0 Å². The molecule has 0 aliphatic carbocycles. The van der Waals surface area contributed by atoms with E-state index in [1.165, 1.54) is 25.3 Å². The molecule has 0 spiro atoms. The number of rotatable bonds is 3. The van der Waals surface area contributed by atoms with Gasteiger partial charge in [-0.1, -0.05) is 11.6 Å². The van der Waals surface area contributed by atoms with Crippen LogP contribution >= 0.6 is 11.6 Å². The van der Waals surface area contributed by atoms with Crippen LogP contribution in [0.15, 0.2) is 18.2 Å². The van der Waals surface area contributed by atoms with Gasteiger partial charge in [0.15, 0.2) is 0 Å². The van der Waals surface area contributed by atoms with Crippen LogP contribution < -0.4 is 9.47 Å². The standard InChI is InChI=1S/C8H7ClF2O2/c1-12-5-2-3-7(6(9)4-5)13-8(10)11/h2-4,8H,1H3. The summed E-state index contributed by atoms with van der Waals surface area (Å²) in [4.78, 5) is 0. The average Bonchev–Trinajstić information content (AvgIpc) is 2.08. The van der Waals surface area contributed by atoms with Crippen molar-refractivity contribution in [3.63, 3.8) is 0 Å². The largest absolute Gasteiger partial charge is 0.497 e. The van der Waals surface area contributed by atoms with Crippen molar-refractivity contribution in [2.75, 3.05) is 7.11 Å². The minimum absolute atomic E-state index is 0.0579. The number of methoxy groups -OCH3 is 1. The van der Waals surface area contributed by atoms with Gasteiger partial charge in [0, 0.05) is 6.07 Å². The molecule has 0 saturated carbocycles. The Morgan fingerprint density at radius 3 is 2.54 bits per heavy atom. The predicted molar refractivity (Wildman–Crippen MR) is 44.6 cm³/mol. The monoisotopic (exact) mass is 208 g/mol. The minimum atomic E-state index is -2.87. The van der Waals surface area contributed by atoms with E-state index in [4.69, 9.17) is 16.3 Å². The Morgan fingerprint density at radius 2 is 2.08 bits per heavy atom. The first-order valence-corrected chi connectivity index (χ1v) is 3.79. The summed E-state index contributed by atoms with van der Waals surface area (Å²) in [5.41, 5.74) is 0. The molecule has 0 saturated heterocycles. The fourth-order valence-electron chi connectivity index (χ4n) is 0.800. The summed E-state index contributed by atoms with van der Waals surface area (Å²) >= 11 is 5.61. The normalized spacial score (nSPS) is 10.2. The molecule has 0 aliphatic rings. The third kappa shape index (κ3) is 2.73. The SMILES string of the molecule is COc1ccc(OC(F)F)c(Cl)c1. The molecule has 0 heterocycles. The van der Waals surface area contributed by atoms with Crippen molar-refractivity contribution in [3.8, 4) is 11.5 Å². The summed E-state index contributed by atoms with van der Waals surface area (Å²) in [5, 5.41) is 0.0969. The van der Waals surface area contributed by atoms with E-state index in [2.05, 4.69) is 4.74 Å². The van der Waals surface area contributed by atoms with Crippen LogP contribution in [0.3, 0.4) is 0 Å². The van der Waals surface area contributed by atoms with Crippen LogP contribution in [-0.4, -0.2) is 13.7 Å². The predicted octanol–water partition coefficient (Wildman–Crippen LogP) is 2.95. The van der Waals surface area contributed by atoms with Crippen LogP contribution in [0.4, 0.5) is 8.78 Å². The second-order valence-corrected chi connectivity index (χ2v) is 2.58. The zero-order valence-electron chi connectivity index (χ0n) is 6.76. The molecule has 0 amide bonds. The van der Waals surface area contributed by atoms with Gasteiger partial charge in [-0.3, -0.25) is 0 Å². The van der Waals surface area contributed by atoms with Crippen LogP contribution in [0.1, 0.15) is 0 Å². The maximum absolute atomic E-state index is 11.8. The lowest BCUT2D eigenvalue weighted by atomic mass is 10.3. The summed E-state index contributed by atoms with van der Waals surface area (Å²) in [6.45, 7) is -2.87. The molecule has 0 unspecified atom stereocenters. The van der Waals surface area contributed by atoms with E-state index in [0.29, 0.717) is 5.75 Å². The topological polar surface area (TPSA) is 18.5 Å². The molecule has 13 heavy (non-hydrogen) atoms. The average molecular weight is 209 g/mol. The Kier molecular flexibility index (Phi) is 3.31. The number of hydrogen-bond acceptors (Lipinski definition) is 2. The molecule has 0 aromatic heterocycles. The van der Waals surface area contributed by atoms with Crippen molar-refractivity contribution in [2.24, 2.45) is 0 Å². The minimum Gasteiger partial charge on any atom is -0.497 e. The van der Waals surface area contributed by atoms with Gasteiger partial charge in [-0.2, -0.15) is 8.78 Å². The Hall–Kier alpha value is -1.03. The Labute approximate surface area is 79.0 Å². The number of benzene rings is 1. The first kappa shape index (κ1) is 10.1. The van der Waals surface area contributed by atoms with Gasteiger partial charge in [0.25, 0.3) is 0 Å². The van der Waals surface area contributed by atoms with Crippen molar-refractivity contribution in [1.29, 1.82) is 0 Å². The van der Waals surface area contributed by atoms with Crippen molar-refractivity contribution in [2.45, 2.75) is 6.61 Å². The maximum atomic E-state index is 11.8. The Bertz CT molecular complexity index is 291. The summed E-state index contributed by atoms with van der Waals surface area (Å²) in [7, 11) is 1.46. The summed E-state index contributed by atoms with van der Waals surface area (Å²) in [6.07, 6.45) is 0. The molecular weight excluding hydrogens is 202 g/mol. The van der Waals surface area contributed by atoms with Gasteiger partial charge in [-0.05, 0) is 12.1 Å². The second kappa shape index (κ2) is 4.28. The molecule has 0 N–H and O–H groups in total. The smallest absolute Gasteiger partial charge is 0.387 e. The van der Waals surface area contributed by atoms with E-state index >= 15 is 0 Å². The second-order valence-electron chi connectivity index (χ2n) is 2.17. The highest BCUT2D eigenvalue weighted by atomic mass is 35.5. The van der Waals surface area contributed by atoms with Crippen LogP contribution in [0.2, 0.25) is 5.02 Å². The molecule has 1 aromatic rings. The third-order valence-electron chi connectivity index (χ3n) is 1.36. The lowest BCUT2D eigenvalue weighted by molar-refractivity contribution is -0.0498. The third-order valence-corrected chi connectivity index (χ3v) is 1.65. The molecule has 0 radical (unpaired) electrons. The quantitative estimate of drug-likeness (QED) is 0.760. The molecule has 1 rings (SSSR count). The van der Waals surface area contributed by atoms with Gasteiger partial charge in [0.1, 0.15) is 11.5 Å². The van der Waals surface area contributed by atoms with Gasteiger partial charge in [0.05, 0.1) is 12.1 Å².